The van der Waals surface area contributed by atoms with E-state index in [1.54, 1.807) is 11.8 Å². The summed E-state index contributed by atoms with van der Waals surface area (Å²) in [6.45, 7) is 4.03. The van der Waals surface area contributed by atoms with Crippen molar-refractivity contribution in [2.45, 2.75) is 42.0 Å². The van der Waals surface area contributed by atoms with Crippen LogP contribution in [0.15, 0.2) is 33.5 Å². The number of benzene rings is 1. The van der Waals surface area contributed by atoms with E-state index < -0.39 is 6.10 Å². The fraction of sp³-hybridized carbons (Fsp3) is 0.385. The maximum absolute atomic E-state index is 9.99. The van der Waals surface area contributed by atoms with Gasteiger partial charge in [0.1, 0.15) is 5.82 Å². The number of rotatable bonds is 5. The van der Waals surface area contributed by atoms with E-state index in [0.717, 1.165) is 27.0 Å². The number of aliphatic hydroxyl groups excluding tert-OH is 1. The van der Waals surface area contributed by atoms with Gasteiger partial charge < -0.3 is 5.11 Å². The Labute approximate surface area is 115 Å². The third-order valence-electron chi connectivity index (χ3n) is 2.63. The van der Waals surface area contributed by atoms with E-state index in [9.17, 15) is 5.11 Å². The lowest BCUT2D eigenvalue weighted by Crippen LogP contribution is -1.96. The molecule has 96 valence electrons. The van der Waals surface area contributed by atoms with E-state index in [1.807, 2.05) is 38.1 Å². The van der Waals surface area contributed by atoms with Gasteiger partial charge in [0.25, 0.3) is 0 Å². The van der Waals surface area contributed by atoms with Crippen molar-refractivity contribution in [3.63, 3.8) is 0 Å². The highest BCUT2D eigenvalue weighted by Gasteiger charge is 2.12. The van der Waals surface area contributed by atoms with E-state index >= 15 is 0 Å². The van der Waals surface area contributed by atoms with Gasteiger partial charge in [0.2, 0.25) is 0 Å². The molecule has 0 aliphatic heterocycles. The lowest BCUT2D eigenvalue weighted by Gasteiger charge is -2.12. The van der Waals surface area contributed by atoms with Crippen molar-refractivity contribution >= 4 is 23.3 Å². The zero-order chi connectivity index (χ0) is 13.0. The number of aromatic nitrogens is 2. The molecule has 1 aromatic carbocycles. The Morgan fingerprint density at radius 3 is 2.78 bits per heavy atom. The molecule has 0 radical (unpaired) electrons. The van der Waals surface area contributed by atoms with Crippen molar-refractivity contribution in [2.24, 2.45) is 0 Å². The lowest BCUT2D eigenvalue weighted by molar-refractivity contribution is 0.171. The molecule has 2 rings (SSSR count). The van der Waals surface area contributed by atoms with E-state index in [0.29, 0.717) is 6.42 Å². The lowest BCUT2D eigenvalue weighted by atomic mass is 10.1. The summed E-state index contributed by atoms with van der Waals surface area (Å²) in [5.41, 5.74) is 0.971. The molecule has 1 aromatic heterocycles. The third kappa shape index (κ3) is 3.10. The molecule has 2 aromatic rings. The van der Waals surface area contributed by atoms with Gasteiger partial charge in [-0.2, -0.15) is 4.37 Å². The molecule has 18 heavy (non-hydrogen) atoms. The smallest absolute Gasteiger partial charge is 0.174 e. The van der Waals surface area contributed by atoms with Gasteiger partial charge in [-0.1, -0.05) is 43.8 Å². The molecule has 0 aliphatic rings. The molecular weight excluding hydrogens is 264 g/mol. The molecule has 0 aliphatic carbocycles. The number of aryl methyl sites for hydroxylation is 1. The minimum Gasteiger partial charge on any atom is -0.388 e. The maximum atomic E-state index is 9.99. The van der Waals surface area contributed by atoms with Crippen LogP contribution in [-0.4, -0.2) is 14.5 Å². The van der Waals surface area contributed by atoms with E-state index in [1.165, 1.54) is 11.5 Å². The van der Waals surface area contributed by atoms with Crippen LogP contribution in [0.25, 0.3) is 0 Å². The Morgan fingerprint density at radius 2 is 2.11 bits per heavy atom. The second-order valence-corrected chi connectivity index (χ2v) is 5.93. The number of aliphatic hydroxyl groups is 1. The number of nitrogens with zero attached hydrogens (tertiary/aromatic N) is 2. The Bertz CT molecular complexity index is 513. The van der Waals surface area contributed by atoms with Crippen LogP contribution in [0.2, 0.25) is 0 Å². The monoisotopic (exact) mass is 280 g/mol. The van der Waals surface area contributed by atoms with E-state index in [2.05, 4.69) is 9.36 Å². The van der Waals surface area contributed by atoms with Crippen LogP contribution < -0.4 is 0 Å². The molecule has 5 heteroatoms. The first kappa shape index (κ1) is 13.5. The molecule has 0 bridgehead atoms. The van der Waals surface area contributed by atoms with Gasteiger partial charge in [-0.25, -0.2) is 4.98 Å². The van der Waals surface area contributed by atoms with Crippen LogP contribution in [0.1, 0.15) is 37.8 Å². The first-order valence-corrected chi connectivity index (χ1v) is 7.61. The Balaban J connectivity index is 2.23. The van der Waals surface area contributed by atoms with Gasteiger partial charge in [0, 0.05) is 11.3 Å². The molecule has 3 nitrogen and oxygen atoms in total. The average molecular weight is 280 g/mol. The topological polar surface area (TPSA) is 46.0 Å². The van der Waals surface area contributed by atoms with Crippen molar-refractivity contribution < 1.29 is 5.11 Å². The van der Waals surface area contributed by atoms with E-state index in [-0.39, 0.29) is 0 Å². The van der Waals surface area contributed by atoms with Crippen LogP contribution in [0.5, 0.6) is 0 Å². The largest absolute Gasteiger partial charge is 0.388 e. The summed E-state index contributed by atoms with van der Waals surface area (Å²) < 4.78 is 5.21. The zero-order valence-corrected chi connectivity index (χ0v) is 12.1. The first-order chi connectivity index (χ1) is 8.74. The highest BCUT2D eigenvalue weighted by Crippen LogP contribution is 2.34. The Kier molecular flexibility index (Phi) is 4.74. The van der Waals surface area contributed by atoms with Gasteiger partial charge >= 0.3 is 0 Å². The molecular formula is C13H16N2OS2. The van der Waals surface area contributed by atoms with Crippen LogP contribution in [0.4, 0.5) is 0 Å². The maximum Gasteiger partial charge on any atom is 0.174 e. The van der Waals surface area contributed by atoms with Crippen LogP contribution in [-0.2, 0) is 6.42 Å². The summed E-state index contributed by atoms with van der Waals surface area (Å²) in [4.78, 5) is 5.50. The predicted octanol–water partition coefficient (Wildman–Crippen LogP) is 3.70. The molecule has 1 heterocycles. The van der Waals surface area contributed by atoms with Crippen molar-refractivity contribution in [1.29, 1.82) is 0 Å². The molecule has 0 amide bonds. The SMILES string of the molecule is CCc1nsc(Sc2ccccc2[C@@H](O)CC)n1. The molecule has 1 N–H and O–H groups in total. The van der Waals surface area contributed by atoms with Gasteiger partial charge in [-0.15, -0.1) is 0 Å². The van der Waals surface area contributed by atoms with Crippen molar-refractivity contribution in [3.8, 4) is 0 Å². The van der Waals surface area contributed by atoms with Crippen molar-refractivity contribution in [2.75, 3.05) is 0 Å². The summed E-state index contributed by atoms with van der Waals surface area (Å²) in [5.74, 6) is 0.885. The second-order valence-electron chi connectivity index (χ2n) is 3.89. The zero-order valence-electron chi connectivity index (χ0n) is 10.5. The number of hydrogen-bond acceptors (Lipinski definition) is 5. The highest BCUT2D eigenvalue weighted by molar-refractivity contribution is 8.01. The third-order valence-corrected chi connectivity index (χ3v) is 4.51. The molecule has 0 unspecified atom stereocenters. The minimum absolute atomic E-state index is 0.410. The summed E-state index contributed by atoms with van der Waals surface area (Å²) in [5, 5.41) is 9.99. The second kappa shape index (κ2) is 6.31. The summed E-state index contributed by atoms with van der Waals surface area (Å²) in [6.07, 6.45) is 1.16. The van der Waals surface area contributed by atoms with Gasteiger partial charge in [0.15, 0.2) is 4.34 Å². The normalized spacial score (nSPS) is 12.6. The van der Waals surface area contributed by atoms with Crippen LogP contribution >= 0.6 is 23.3 Å². The summed E-state index contributed by atoms with van der Waals surface area (Å²) in [7, 11) is 0. The van der Waals surface area contributed by atoms with Crippen LogP contribution in [0, 0.1) is 0 Å². The molecule has 0 spiro atoms. The fourth-order valence-corrected chi connectivity index (χ4v) is 3.42. The highest BCUT2D eigenvalue weighted by atomic mass is 32.2. The van der Waals surface area contributed by atoms with Crippen molar-refractivity contribution in [3.05, 3.63) is 35.7 Å². The minimum atomic E-state index is -0.410. The number of hydrogen-bond donors (Lipinski definition) is 1. The van der Waals surface area contributed by atoms with Gasteiger partial charge in [0.05, 0.1) is 6.10 Å². The molecule has 0 saturated carbocycles. The molecule has 0 saturated heterocycles. The van der Waals surface area contributed by atoms with Crippen molar-refractivity contribution in [1.82, 2.24) is 9.36 Å². The van der Waals surface area contributed by atoms with Gasteiger partial charge in [-0.3, -0.25) is 0 Å². The summed E-state index contributed by atoms with van der Waals surface area (Å²) in [6, 6.07) is 7.93. The first-order valence-electron chi connectivity index (χ1n) is 6.02. The molecule has 1 atom stereocenters. The standard InChI is InChI=1S/C13H16N2OS2/c1-3-10(16)9-7-5-6-8-11(9)17-13-14-12(4-2)15-18-13/h5-8,10,16H,3-4H2,1-2H3/t10-/m0/s1. The average Bonchev–Trinajstić information content (AvgIpc) is 2.86. The van der Waals surface area contributed by atoms with Gasteiger partial charge in [-0.05, 0) is 29.6 Å². The quantitative estimate of drug-likeness (QED) is 0.907. The summed E-state index contributed by atoms with van der Waals surface area (Å²) >= 11 is 3.00. The Hall–Kier alpha value is -0.910. The van der Waals surface area contributed by atoms with Crippen LogP contribution in [0.3, 0.4) is 0 Å². The molecule has 0 fully saturated rings. The predicted molar refractivity (Wildman–Crippen MR) is 75.1 cm³/mol. The fourth-order valence-electron chi connectivity index (χ4n) is 1.59. The van der Waals surface area contributed by atoms with E-state index in [4.69, 9.17) is 0 Å². The Morgan fingerprint density at radius 1 is 1.33 bits per heavy atom.